The molecule has 0 aliphatic rings. The average molecular weight is 473 g/mol. The maximum Gasteiger partial charge on any atom is 0.330 e. The number of carbonyl (C=O) groups is 1. The first-order chi connectivity index (χ1) is 16.1. The van der Waals surface area contributed by atoms with Crippen molar-refractivity contribution in [3.8, 4) is 11.1 Å². The van der Waals surface area contributed by atoms with E-state index in [1.54, 1.807) is 16.3 Å². The van der Waals surface area contributed by atoms with Crippen LogP contribution in [0.25, 0.3) is 22.0 Å². The first-order valence-electron chi connectivity index (χ1n) is 10.3. The Morgan fingerprint density at radius 1 is 0.848 bits per heavy atom. The predicted molar refractivity (Wildman–Crippen MR) is 134 cm³/mol. The van der Waals surface area contributed by atoms with Crippen molar-refractivity contribution in [3.05, 3.63) is 114 Å². The molecular formula is C27H18ClFN2OS. The minimum Gasteiger partial charge on any atom is -0.307 e. The second kappa shape index (κ2) is 9.14. The van der Waals surface area contributed by atoms with Crippen LogP contribution in [0.4, 0.5) is 14.9 Å². The summed E-state index contributed by atoms with van der Waals surface area (Å²) in [6.45, 7) is 0. The molecule has 0 saturated carbocycles. The molecule has 6 heteroatoms. The number of rotatable bonds is 4. The average Bonchev–Trinajstić information content (AvgIpc) is 3.21. The maximum absolute atomic E-state index is 13.4. The molecule has 1 amide bonds. The Morgan fingerprint density at radius 2 is 1.55 bits per heavy atom. The zero-order valence-electron chi connectivity index (χ0n) is 17.3. The Hall–Kier alpha value is -3.54. The smallest absolute Gasteiger partial charge is 0.307 e. The lowest BCUT2D eigenvalue weighted by Crippen LogP contribution is -2.18. The Morgan fingerprint density at radius 3 is 2.30 bits per heavy atom. The monoisotopic (exact) mass is 472 g/mol. The number of aromatic nitrogens is 1. The number of fused-ring (bicyclic) bond motifs is 1. The molecule has 162 valence electrons. The maximum atomic E-state index is 13.4. The third-order valence-corrected chi connectivity index (χ3v) is 6.60. The van der Waals surface area contributed by atoms with Crippen LogP contribution in [0, 0.1) is 5.82 Å². The van der Waals surface area contributed by atoms with E-state index in [1.165, 1.54) is 23.8 Å². The molecule has 0 spiro atoms. The van der Waals surface area contributed by atoms with E-state index in [0.717, 1.165) is 26.3 Å². The molecule has 1 heterocycles. The fraction of sp³-hybridized carbons (Fsp3) is 0. The number of benzene rings is 4. The highest BCUT2D eigenvalue weighted by Gasteiger charge is 2.15. The molecule has 5 rings (SSSR count). The number of amides is 1. The van der Waals surface area contributed by atoms with Gasteiger partial charge in [-0.1, -0.05) is 84.0 Å². The lowest BCUT2D eigenvalue weighted by atomic mass is 10.1. The van der Waals surface area contributed by atoms with Crippen molar-refractivity contribution in [3.63, 3.8) is 0 Å². The number of nitrogens with zero attached hydrogens (tertiary/aromatic N) is 1. The topological polar surface area (TPSA) is 34.0 Å². The molecule has 0 aliphatic heterocycles. The number of hydrogen-bond donors (Lipinski definition) is 1. The van der Waals surface area contributed by atoms with Crippen molar-refractivity contribution in [1.82, 2.24) is 4.57 Å². The van der Waals surface area contributed by atoms with Gasteiger partial charge in [0.2, 0.25) is 0 Å². The number of anilines is 1. The van der Waals surface area contributed by atoms with Gasteiger partial charge < -0.3 is 5.32 Å². The van der Waals surface area contributed by atoms with E-state index in [9.17, 15) is 9.18 Å². The Bertz CT molecular complexity index is 1450. The summed E-state index contributed by atoms with van der Waals surface area (Å²) in [5.41, 5.74) is 3.53. The molecule has 33 heavy (non-hydrogen) atoms. The van der Waals surface area contributed by atoms with E-state index in [1.807, 2.05) is 48.7 Å². The number of para-hydroxylation sites is 1. The Balaban J connectivity index is 1.42. The van der Waals surface area contributed by atoms with Gasteiger partial charge in [-0.2, -0.15) is 0 Å². The SMILES string of the molecule is O=C(Nc1ccc(F)c(Cl)c1)n1cc(Sc2ccc(-c3ccccc3)cc2)c2ccccc21. The van der Waals surface area contributed by atoms with Crippen molar-refractivity contribution in [2.45, 2.75) is 9.79 Å². The molecule has 0 radical (unpaired) electrons. The summed E-state index contributed by atoms with van der Waals surface area (Å²) in [7, 11) is 0. The van der Waals surface area contributed by atoms with E-state index < -0.39 is 5.82 Å². The van der Waals surface area contributed by atoms with Gasteiger partial charge in [-0.25, -0.2) is 9.18 Å². The van der Waals surface area contributed by atoms with Gasteiger partial charge in [-0.05, 0) is 47.5 Å². The summed E-state index contributed by atoms with van der Waals surface area (Å²) in [4.78, 5) is 15.0. The summed E-state index contributed by atoms with van der Waals surface area (Å²) < 4.78 is 15.0. The molecular weight excluding hydrogens is 455 g/mol. The number of hydrogen-bond acceptors (Lipinski definition) is 2. The van der Waals surface area contributed by atoms with Gasteiger partial charge in [0.1, 0.15) is 5.82 Å². The van der Waals surface area contributed by atoms with Crippen LogP contribution in [0.5, 0.6) is 0 Å². The van der Waals surface area contributed by atoms with Gasteiger partial charge in [0.05, 0.1) is 10.5 Å². The van der Waals surface area contributed by atoms with E-state index in [2.05, 4.69) is 41.7 Å². The lowest BCUT2D eigenvalue weighted by Gasteiger charge is -2.07. The van der Waals surface area contributed by atoms with Crippen molar-refractivity contribution in [2.24, 2.45) is 0 Å². The number of halogens is 2. The van der Waals surface area contributed by atoms with Gasteiger partial charge in [0.25, 0.3) is 0 Å². The quantitative estimate of drug-likeness (QED) is 0.285. The summed E-state index contributed by atoms with van der Waals surface area (Å²) in [6, 6.07) is 30.1. The number of nitrogens with one attached hydrogen (secondary N) is 1. The van der Waals surface area contributed by atoms with Crippen molar-refractivity contribution < 1.29 is 9.18 Å². The molecule has 0 fully saturated rings. The molecule has 1 N–H and O–H groups in total. The van der Waals surface area contributed by atoms with Gasteiger partial charge in [0.15, 0.2) is 0 Å². The summed E-state index contributed by atoms with van der Waals surface area (Å²) in [5, 5.41) is 3.72. The third-order valence-electron chi connectivity index (χ3n) is 5.25. The molecule has 4 aromatic carbocycles. The fourth-order valence-electron chi connectivity index (χ4n) is 3.63. The minimum atomic E-state index is -0.530. The van der Waals surface area contributed by atoms with E-state index in [-0.39, 0.29) is 11.1 Å². The van der Waals surface area contributed by atoms with Gasteiger partial charge >= 0.3 is 6.03 Å². The molecule has 0 aliphatic carbocycles. The molecule has 3 nitrogen and oxygen atoms in total. The van der Waals surface area contributed by atoms with E-state index >= 15 is 0 Å². The first-order valence-corrected chi connectivity index (χ1v) is 11.5. The van der Waals surface area contributed by atoms with Crippen LogP contribution in [0.15, 0.2) is 113 Å². The van der Waals surface area contributed by atoms with Crippen LogP contribution in [-0.2, 0) is 0 Å². The second-order valence-corrected chi connectivity index (χ2v) is 8.95. The highest BCUT2D eigenvalue weighted by molar-refractivity contribution is 7.99. The largest absolute Gasteiger partial charge is 0.330 e. The van der Waals surface area contributed by atoms with E-state index in [0.29, 0.717) is 5.69 Å². The van der Waals surface area contributed by atoms with Crippen molar-refractivity contribution in [2.75, 3.05) is 5.32 Å². The summed E-state index contributed by atoms with van der Waals surface area (Å²) in [5.74, 6) is -0.530. The zero-order chi connectivity index (χ0) is 22.8. The highest BCUT2D eigenvalue weighted by atomic mass is 35.5. The van der Waals surface area contributed by atoms with Crippen LogP contribution in [-0.4, -0.2) is 10.6 Å². The van der Waals surface area contributed by atoms with Crippen molar-refractivity contribution in [1.29, 1.82) is 0 Å². The molecule has 0 saturated heterocycles. The second-order valence-electron chi connectivity index (χ2n) is 7.43. The van der Waals surface area contributed by atoms with Crippen LogP contribution in [0.2, 0.25) is 5.02 Å². The van der Waals surface area contributed by atoms with Gasteiger partial charge in [-0.15, -0.1) is 0 Å². The minimum absolute atomic E-state index is 0.0413. The van der Waals surface area contributed by atoms with Crippen molar-refractivity contribution >= 4 is 46.0 Å². The molecule has 1 aromatic heterocycles. The molecule has 5 aromatic rings. The van der Waals surface area contributed by atoms with Crippen LogP contribution >= 0.6 is 23.4 Å². The van der Waals surface area contributed by atoms with Crippen LogP contribution in [0.3, 0.4) is 0 Å². The Labute approximate surface area is 199 Å². The molecule has 0 bridgehead atoms. The number of carbonyl (C=O) groups excluding carboxylic acids is 1. The first kappa shape index (κ1) is 21.3. The third kappa shape index (κ3) is 4.51. The molecule has 0 atom stereocenters. The molecule has 0 unspecified atom stereocenters. The predicted octanol–water partition coefficient (Wildman–Crippen LogP) is 8.33. The fourth-order valence-corrected chi connectivity index (χ4v) is 4.78. The lowest BCUT2D eigenvalue weighted by molar-refractivity contribution is 0.254. The normalized spacial score (nSPS) is 11.0. The summed E-state index contributed by atoms with van der Waals surface area (Å²) >= 11 is 7.44. The van der Waals surface area contributed by atoms with Gasteiger partial charge in [-0.3, -0.25) is 4.57 Å². The Kier molecular flexibility index (Phi) is 5.90. The van der Waals surface area contributed by atoms with Gasteiger partial charge in [0, 0.05) is 27.1 Å². The van der Waals surface area contributed by atoms with Crippen LogP contribution in [0.1, 0.15) is 0 Å². The summed E-state index contributed by atoms with van der Waals surface area (Å²) in [6.07, 6.45) is 1.82. The zero-order valence-corrected chi connectivity index (χ0v) is 18.9. The highest BCUT2D eigenvalue weighted by Crippen LogP contribution is 2.36. The standard InChI is InChI=1S/C27H18ClFN2OS/c28-23-16-20(12-15-24(23)29)30-27(32)31-17-26(22-8-4-5-9-25(22)31)33-21-13-10-19(11-14-21)18-6-2-1-3-7-18/h1-17H,(H,30,32). The van der Waals surface area contributed by atoms with E-state index in [4.69, 9.17) is 11.6 Å². The van der Waals surface area contributed by atoms with Crippen LogP contribution < -0.4 is 5.32 Å².